The molecule has 10 heteroatoms. The van der Waals surface area contributed by atoms with Crippen molar-refractivity contribution in [1.82, 2.24) is 24.5 Å². The standard InChI is InChI=1S/C17H9ClF3N5O/c18-11-5-6-22-7-9(11)14-23-8-12-15(25-14)26(16(27)24-12)13-4-2-1-3-10(13)17(19,20)21/h1-8H,(H,24,27). The minimum Gasteiger partial charge on any atom is -0.303 e. The monoisotopic (exact) mass is 391 g/mol. The molecule has 0 radical (unpaired) electrons. The van der Waals surface area contributed by atoms with Crippen molar-refractivity contribution in [2.75, 3.05) is 0 Å². The van der Waals surface area contributed by atoms with Gasteiger partial charge in [0, 0.05) is 12.4 Å². The van der Waals surface area contributed by atoms with Crippen LogP contribution in [0.1, 0.15) is 5.56 Å². The predicted octanol–water partition coefficient (Wildman–Crippen LogP) is 3.84. The van der Waals surface area contributed by atoms with Gasteiger partial charge in [0.1, 0.15) is 5.52 Å². The smallest absolute Gasteiger partial charge is 0.303 e. The zero-order valence-electron chi connectivity index (χ0n) is 13.3. The number of nitrogens with one attached hydrogen (secondary N) is 1. The third kappa shape index (κ3) is 2.95. The first kappa shape index (κ1) is 17.2. The Morgan fingerprint density at radius 1 is 1.11 bits per heavy atom. The number of hydrogen-bond donors (Lipinski definition) is 1. The molecule has 4 aromatic rings. The van der Waals surface area contributed by atoms with Crippen LogP contribution in [0.2, 0.25) is 5.02 Å². The van der Waals surface area contributed by atoms with Crippen LogP contribution in [0.3, 0.4) is 0 Å². The lowest BCUT2D eigenvalue weighted by Gasteiger charge is -2.13. The van der Waals surface area contributed by atoms with Gasteiger partial charge < -0.3 is 4.98 Å². The molecule has 0 spiro atoms. The number of pyridine rings is 1. The highest BCUT2D eigenvalue weighted by atomic mass is 35.5. The van der Waals surface area contributed by atoms with Gasteiger partial charge in [-0.2, -0.15) is 13.2 Å². The minimum atomic E-state index is -4.64. The summed E-state index contributed by atoms with van der Waals surface area (Å²) in [5.41, 5.74) is -1.45. The van der Waals surface area contributed by atoms with Gasteiger partial charge >= 0.3 is 11.9 Å². The number of benzene rings is 1. The zero-order chi connectivity index (χ0) is 19.2. The van der Waals surface area contributed by atoms with Crippen molar-refractivity contribution in [3.8, 4) is 17.1 Å². The van der Waals surface area contributed by atoms with Gasteiger partial charge in [-0.15, -0.1) is 0 Å². The summed E-state index contributed by atoms with van der Waals surface area (Å²) in [6.45, 7) is 0. The number of imidazole rings is 1. The molecule has 3 aromatic heterocycles. The summed E-state index contributed by atoms with van der Waals surface area (Å²) < 4.78 is 41.0. The molecule has 6 nitrogen and oxygen atoms in total. The van der Waals surface area contributed by atoms with E-state index in [2.05, 4.69) is 19.9 Å². The summed E-state index contributed by atoms with van der Waals surface area (Å²) in [4.78, 5) is 27.1. The molecule has 0 aliphatic rings. The third-order valence-corrected chi connectivity index (χ3v) is 4.21. The van der Waals surface area contributed by atoms with Gasteiger partial charge in [0.25, 0.3) is 0 Å². The molecule has 4 rings (SSSR count). The molecule has 0 saturated carbocycles. The molecule has 0 aliphatic carbocycles. The van der Waals surface area contributed by atoms with E-state index in [1.165, 1.54) is 42.9 Å². The molecule has 136 valence electrons. The van der Waals surface area contributed by atoms with Crippen LogP contribution in [-0.2, 0) is 6.18 Å². The van der Waals surface area contributed by atoms with Crippen LogP contribution in [0.5, 0.6) is 0 Å². The summed E-state index contributed by atoms with van der Waals surface area (Å²) >= 11 is 6.11. The van der Waals surface area contributed by atoms with E-state index in [-0.39, 0.29) is 22.7 Å². The average Bonchev–Trinajstić information content (AvgIpc) is 2.96. The van der Waals surface area contributed by atoms with Crippen LogP contribution in [0.25, 0.3) is 28.2 Å². The van der Waals surface area contributed by atoms with Gasteiger partial charge in [0.15, 0.2) is 11.5 Å². The first-order valence-electron chi connectivity index (χ1n) is 7.60. The van der Waals surface area contributed by atoms with Gasteiger partial charge in [0.05, 0.1) is 28.0 Å². The second-order valence-corrected chi connectivity index (χ2v) is 5.97. The molecule has 0 unspecified atom stereocenters. The van der Waals surface area contributed by atoms with Crippen LogP contribution in [0, 0.1) is 0 Å². The quantitative estimate of drug-likeness (QED) is 0.563. The van der Waals surface area contributed by atoms with Crippen LogP contribution in [0.15, 0.2) is 53.7 Å². The zero-order valence-corrected chi connectivity index (χ0v) is 14.1. The maximum absolute atomic E-state index is 13.4. The lowest BCUT2D eigenvalue weighted by atomic mass is 10.1. The molecule has 1 aromatic carbocycles. The molecule has 0 amide bonds. The van der Waals surface area contributed by atoms with E-state index >= 15 is 0 Å². The Morgan fingerprint density at radius 3 is 2.63 bits per heavy atom. The highest BCUT2D eigenvalue weighted by Crippen LogP contribution is 2.34. The van der Waals surface area contributed by atoms with E-state index in [0.29, 0.717) is 10.6 Å². The van der Waals surface area contributed by atoms with E-state index in [1.54, 1.807) is 0 Å². The van der Waals surface area contributed by atoms with Crippen molar-refractivity contribution >= 4 is 22.8 Å². The lowest BCUT2D eigenvalue weighted by molar-refractivity contribution is -0.137. The fourth-order valence-electron chi connectivity index (χ4n) is 2.70. The fourth-order valence-corrected chi connectivity index (χ4v) is 2.89. The molecule has 0 aliphatic heterocycles. The Hall–Kier alpha value is -3.20. The summed E-state index contributed by atoms with van der Waals surface area (Å²) in [5, 5.41) is 0.324. The fraction of sp³-hybridized carbons (Fsp3) is 0.0588. The summed E-state index contributed by atoms with van der Waals surface area (Å²) in [7, 11) is 0. The molecular formula is C17H9ClF3N5O. The average molecular weight is 392 g/mol. The predicted molar refractivity (Wildman–Crippen MR) is 92.7 cm³/mol. The van der Waals surface area contributed by atoms with E-state index in [0.717, 1.165) is 10.6 Å². The van der Waals surface area contributed by atoms with Crippen molar-refractivity contribution in [2.24, 2.45) is 0 Å². The number of hydrogen-bond acceptors (Lipinski definition) is 4. The van der Waals surface area contributed by atoms with Gasteiger partial charge in [-0.3, -0.25) is 4.98 Å². The van der Waals surface area contributed by atoms with Crippen LogP contribution >= 0.6 is 11.6 Å². The number of para-hydroxylation sites is 1. The highest BCUT2D eigenvalue weighted by molar-refractivity contribution is 6.33. The maximum atomic E-state index is 13.4. The Bertz CT molecular complexity index is 1220. The number of halogens is 4. The van der Waals surface area contributed by atoms with E-state index in [9.17, 15) is 18.0 Å². The molecule has 0 atom stereocenters. The topological polar surface area (TPSA) is 76.5 Å². The molecule has 0 saturated heterocycles. The van der Waals surface area contributed by atoms with Gasteiger partial charge in [-0.05, 0) is 18.2 Å². The second-order valence-electron chi connectivity index (χ2n) is 5.57. The molecule has 3 heterocycles. The highest BCUT2D eigenvalue weighted by Gasteiger charge is 2.34. The number of H-pyrrole nitrogens is 1. The SMILES string of the molecule is O=c1[nH]c2cnc(-c3cnccc3Cl)nc2n1-c1ccccc1C(F)(F)F. The first-order valence-corrected chi connectivity index (χ1v) is 7.98. The van der Waals surface area contributed by atoms with Crippen LogP contribution in [0.4, 0.5) is 13.2 Å². The molecular weight excluding hydrogens is 383 g/mol. The maximum Gasteiger partial charge on any atom is 0.418 e. The molecule has 0 fully saturated rings. The molecule has 1 N–H and O–H groups in total. The van der Waals surface area contributed by atoms with Crippen molar-refractivity contribution in [2.45, 2.75) is 6.18 Å². The number of fused-ring (bicyclic) bond motifs is 1. The number of alkyl halides is 3. The second kappa shape index (κ2) is 6.20. The Labute approximate surface area is 154 Å². The van der Waals surface area contributed by atoms with Gasteiger partial charge in [-0.1, -0.05) is 23.7 Å². The summed E-state index contributed by atoms with van der Waals surface area (Å²) in [6.07, 6.45) is -0.407. The lowest BCUT2D eigenvalue weighted by Crippen LogP contribution is -2.19. The number of aromatic nitrogens is 5. The van der Waals surface area contributed by atoms with E-state index < -0.39 is 17.4 Å². The molecule has 27 heavy (non-hydrogen) atoms. The van der Waals surface area contributed by atoms with E-state index in [4.69, 9.17) is 11.6 Å². The van der Waals surface area contributed by atoms with Crippen LogP contribution < -0.4 is 5.69 Å². The van der Waals surface area contributed by atoms with Crippen molar-refractivity contribution in [1.29, 1.82) is 0 Å². The van der Waals surface area contributed by atoms with Crippen molar-refractivity contribution in [3.05, 3.63) is 70.0 Å². The largest absolute Gasteiger partial charge is 0.418 e. The number of nitrogens with zero attached hydrogens (tertiary/aromatic N) is 4. The van der Waals surface area contributed by atoms with Crippen molar-refractivity contribution in [3.63, 3.8) is 0 Å². The number of aromatic amines is 1. The Kier molecular flexibility index (Phi) is 3.96. The van der Waals surface area contributed by atoms with Gasteiger partial charge in [0.2, 0.25) is 0 Å². The summed E-state index contributed by atoms with van der Waals surface area (Å²) in [5.74, 6) is 0.137. The summed E-state index contributed by atoms with van der Waals surface area (Å²) in [6, 6.07) is 6.31. The number of rotatable bonds is 2. The molecule has 0 bridgehead atoms. The van der Waals surface area contributed by atoms with Gasteiger partial charge in [-0.25, -0.2) is 19.3 Å². The third-order valence-electron chi connectivity index (χ3n) is 3.88. The minimum absolute atomic E-state index is 0.00150. The Balaban J connectivity index is 2.01. The normalized spacial score (nSPS) is 11.9. The van der Waals surface area contributed by atoms with Crippen molar-refractivity contribution < 1.29 is 13.2 Å². The van der Waals surface area contributed by atoms with E-state index in [1.807, 2.05) is 0 Å². The Morgan fingerprint density at radius 2 is 1.89 bits per heavy atom. The van der Waals surface area contributed by atoms with Crippen LogP contribution in [-0.4, -0.2) is 24.5 Å². The first-order chi connectivity index (χ1) is 12.9.